The first kappa shape index (κ1) is 13.9. The summed E-state index contributed by atoms with van der Waals surface area (Å²) in [4.78, 5) is 15.6. The number of hydrogen-bond acceptors (Lipinski definition) is 4. The van der Waals surface area contributed by atoms with Crippen molar-refractivity contribution in [3.05, 3.63) is 39.7 Å². The average Bonchev–Trinajstić information content (AvgIpc) is 2.75. The summed E-state index contributed by atoms with van der Waals surface area (Å²) in [5.74, 6) is -0.321. The van der Waals surface area contributed by atoms with Gasteiger partial charge in [0.05, 0.1) is 17.3 Å². The molecule has 0 saturated heterocycles. The van der Waals surface area contributed by atoms with Gasteiger partial charge in [-0.05, 0) is 41.1 Å². The lowest BCUT2D eigenvalue weighted by Gasteiger charge is -2.07. The summed E-state index contributed by atoms with van der Waals surface area (Å²) in [5, 5.41) is 0.545. The summed E-state index contributed by atoms with van der Waals surface area (Å²) < 4.78 is 7.23. The van der Waals surface area contributed by atoms with E-state index >= 15 is 0 Å². The number of nitrogens with two attached hydrogens (primary N) is 1. The maximum atomic E-state index is 11.6. The molecular weight excluding hydrogens is 334 g/mol. The van der Waals surface area contributed by atoms with E-state index in [4.69, 9.17) is 22.1 Å². The highest BCUT2D eigenvalue weighted by Crippen LogP contribution is 2.26. The van der Waals surface area contributed by atoms with Crippen LogP contribution in [0.25, 0.3) is 5.69 Å². The van der Waals surface area contributed by atoms with Crippen LogP contribution in [0, 0.1) is 0 Å². The predicted octanol–water partition coefficient (Wildman–Crippen LogP) is 3.05. The van der Waals surface area contributed by atoms with Crippen molar-refractivity contribution in [1.29, 1.82) is 0 Å². The molecule has 0 aliphatic carbocycles. The first-order valence-corrected chi connectivity index (χ1v) is 6.67. The normalized spacial score (nSPS) is 10.5. The van der Waals surface area contributed by atoms with Gasteiger partial charge >= 0.3 is 5.97 Å². The zero-order valence-electron chi connectivity index (χ0n) is 10.1. The van der Waals surface area contributed by atoms with E-state index < -0.39 is 5.97 Å². The van der Waals surface area contributed by atoms with Crippen molar-refractivity contribution >= 4 is 39.3 Å². The third-order valence-corrected chi connectivity index (χ3v) is 3.69. The van der Waals surface area contributed by atoms with Gasteiger partial charge in [-0.15, -0.1) is 0 Å². The van der Waals surface area contributed by atoms with Gasteiger partial charge < -0.3 is 10.5 Å². The summed E-state index contributed by atoms with van der Waals surface area (Å²) >= 11 is 9.33. The molecule has 7 heteroatoms. The van der Waals surface area contributed by atoms with Crippen molar-refractivity contribution in [2.45, 2.75) is 6.92 Å². The van der Waals surface area contributed by atoms with Crippen molar-refractivity contribution in [2.24, 2.45) is 0 Å². The van der Waals surface area contributed by atoms with Crippen LogP contribution in [-0.2, 0) is 4.74 Å². The number of carbonyl (C=O) groups excluding carboxylic acids is 1. The summed E-state index contributed by atoms with van der Waals surface area (Å²) in [5.41, 5.74) is 6.71. The number of ether oxygens (including phenoxy) is 1. The van der Waals surface area contributed by atoms with E-state index in [0.29, 0.717) is 10.7 Å². The minimum Gasteiger partial charge on any atom is -0.461 e. The van der Waals surface area contributed by atoms with Crippen molar-refractivity contribution in [2.75, 3.05) is 12.3 Å². The second kappa shape index (κ2) is 5.63. The SMILES string of the molecule is CCOC(=O)c1ncn(-c2ccc(Br)c(Cl)c2)c1N. The topological polar surface area (TPSA) is 70.1 Å². The molecule has 0 atom stereocenters. The van der Waals surface area contributed by atoms with Gasteiger partial charge in [0, 0.05) is 4.47 Å². The molecule has 1 aromatic heterocycles. The number of nitrogen functional groups attached to an aromatic ring is 1. The van der Waals surface area contributed by atoms with Crippen molar-refractivity contribution < 1.29 is 9.53 Å². The van der Waals surface area contributed by atoms with E-state index in [1.54, 1.807) is 23.6 Å². The van der Waals surface area contributed by atoms with Gasteiger partial charge in [-0.1, -0.05) is 11.6 Å². The molecular formula is C12H11BrClN3O2. The molecule has 0 amide bonds. The van der Waals surface area contributed by atoms with E-state index in [2.05, 4.69) is 20.9 Å². The Labute approximate surface area is 123 Å². The molecule has 100 valence electrons. The fraction of sp³-hybridized carbons (Fsp3) is 0.167. The van der Waals surface area contributed by atoms with Gasteiger partial charge in [-0.25, -0.2) is 9.78 Å². The smallest absolute Gasteiger partial charge is 0.360 e. The predicted molar refractivity (Wildman–Crippen MR) is 76.6 cm³/mol. The maximum absolute atomic E-state index is 11.6. The molecule has 2 rings (SSSR count). The second-order valence-corrected chi connectivity index (χ2v) is 4.93. The Bertz CT molecular complexity index is 627. The van der Waals surface area contributed by atoms with Crippen molar-refractivity contribution in [1.82, 2.24) is 9.55 Å². The molecule has 0 fully saturated rings. The van der Waals surface area contributed by atoms with E-state index in [1.807, 2.05) is 6.07 Å². The molecule has 0 unspecified atom stereocenters. The lowest BCUT2D eigenvalue weighted by atomic mass is 10.3. The molecule has 0 radical (unpaired) electrons. The molecule has 0 aliphatic rings. The Kier molecular flexibility index (Phi) is 4.11. The molecule has 0 spiro atoms. The van der Waals surface area contributed by atoms with Gasteiger partial charge in [0.25, 0.3) is 0 Å². The number of aromatic nitrogens is 2. The van der Waals surface area contributed by atoms with Crippen LogP contribution in [0.3, 0.4) is 0 Å². The van der Waals surface area contributed by atoms with E-state index in [0.717, 1.165) is 4.47 Å². The highest BCUT2D eigenvalue weighted by atomic mass is 79.9. The summed E-state index contributed by atoms with van der Waals surface area (Å²) in [6.45, 7) is 1.99. The fourth-order valence-electron chi connectivity index (χ4n) is 1.56. The van der Waals surface area contributed by atoms with Crippen LogP contribution in [0.4, 0.5) is 5.82 Å². The van der Waals surface area contributed by atoms with Gasteiger partial charge in [-0.3, -0.25) is 4.57 Å². The molecule has 0 saturated carbocycles. The number of rotatable bonds is 3. The number of anilines is 1. The highest BCUT2D eigenvalue weighted by Gasteiger charge is 2.17. The van der Waals surface area contributed by atoms with E-state index in [-0.39, 0.29) is 18.1 Å². The number of esters is 1. The first-order valence-electron chi connectivity index (χ1n) is 5.50. The van der Waals surface area contributed by atoms with Crippen LogP contribution in [0.2, 0.25) is 5.02 Å². The van der Waals surface area contributed by atoms with Gasteiger partial charge in [0.15, 0.2) is 5.69 Å². The van der Waals surface area contributed by atoms with Crippen LogP contribution < -0.4 is 5.73 Å². The Morgan fingerprint density at radius 1 is 1.58 bits per heavy atom. The van der Waals surface area contributed by atoms with Crippen molar-refractivity contribution in [3.63, 3.8) is 0 Å². The zero-order valence-corrected chi connectivity index (χ0v) is 12.4. The number of imidazole rings is 1. The minimum absolute atomic E-state index is 0.0980. The van der Waals surface area contributed by atoms with Gasteiger partial charge in [0.2, 0.25) is 0 Å². The molecule has 1 aromatic carbocycles. The van der Waals surface area contributed by atoms with Gasteiger partial charge in [-0.2, -0.15) is 0 Å². The number of benzene rings is 1. The van der Waals surface area contributed by atoms with E-state index in [1.165, 1.54) is 6.33 Å². The number of nitrogens with zero attached hydrogens (tertiary/aromatic N) is 2. The number of halogens is 2. The largest absolute Gasteiger partial charge is 0.461 e. The average molecular weight is 345 g/mol. The van der Waals surface area contributed by atoms with Crippen LogP contribution >= 0.6 is 27.5 Å². The Hall–Kier alpha value is -1.53. The third kappa shape index (κ3) is 2.74. The van der Waals surface area contributed by atoms with Gasteiger partial charge in [0.1, 0.15) is 12.1 Å². The second-order valence-electron chi connectivity index (χ2n) is 3.67. The van der Waals surface area contributed by atoms with Crippen LogP contribution in [0.1, 0.15) is 17.4 Å². The lowest BCUT2D eigenvalue weighted by molar-refractivity contribution is 0.0521. The molecule has 0 bridgehead atoms. The number of hydrogen-bond donors (Lipinski definition) is 1. The van der Waals surface area contributed by atoms with Crippen LogP contribution in [0.5, 0.6) is 0 Å². The fourth-order valence-corrected chi connectivity index (χ4v) is 1.98. The quantitative estimate of drug-likeness (QED) is 0.869. The Morgan fingerprint density at radius 2 is 2.32 bits per heavy atom. The third-order valence-electron chi connectivity index (χ3n) is 2.45. The molecule has 2 aromatic rings. The lowest BCUT2D eigenvalue weighted by Crippen LogP contribution is -2.09. The number of carbonyl (C=O) groups is 1. The summed E-state index contributed by atoms with van der Waals surface area (Å²) in [6, 6.07) is 5.32. The maximum Gasteiger partial charge on any atom is 0.360 e. The van der Waals surface area contributed by atoms with Crippen molar-refractivity contribution in [3.8, 4) is 5.69 Å². The monoisotopic (exact) mass is 343 g/mol. The molecule has 19 heavy (non-hydrogen) atoms. The van der Waals surface area contributed by atoms with E-state index in [9.17, 15) is 4.79 Å². The molecule has 2 N–H and O–H groups in total. The first-order chi connectivity index (χ1) is 9.04. The summed E-state index contributed by atoms with van der Waals surface area (Å²) in [7, 11) is 0. The highest BCUT2D eigenvalue weighted by molar-refractivity contribution is 9.10. The minimum atomic E-state index is -0.540. The molecule has 5 nitrogen and oxygen atoms in total. The Balaban J connectivity index is 2.41. The summed E-state index contributed by atoms with van der Waals surface area (Å²) in [6.07, 6.45) is 1.46. The molecule has 1 heterocycles. The molecule has 0 aliphatic heterocycles. The Morgan fingerprint density at radius 3 is 2.95 bits per heavy atom. The zero-order chi connectivity index (χ0) is 14.0. The van der Waals surface area contributed by atoms with Crippen LogP contribution in [0.15, 0.2) is 29.0 Å². The van der Waals surface area contributed by atoms with Crippen LogP contribution in [-0.4, -0.2) is 22.1 Å². The standard InChI is InChI=1S/C12H11BrClN3O2/c1-2-19-12(18)10-11(15)17(6-16-10)7-3-4-8(13)9(14)5-7/h3-6H,2,15H2,1H3.